The van der Waals surface area contributed by atoms with Gasteiger partial charge in [0.1, 0.15) is 11.2 Å². The number of para-hydroxylation sites is 2. The van der Waals surface area contributed by atoms with Crippen molar-refractivity contribution in [2.45, 2.75) is 131 Å². The van der Waals surface area contributed by atoms with E-state index in [2.05, 4.69) is 245 Å². The second-order valence-electron chi connectivity index (χ2n) is 25.5. The summed E-state index contributed by atoms with van der Waals surface area (Å²) >= 11 is 0. The Morgan fingerprint density at radius 2 is 1.06 bits per heavy atom. The van der Waals surface area contributed by atoms with Crippen LogP contribution in [0.25, 0.3) is 71.4 Å². The first-order valence-electron chi connectivity index (χ1n) is 25.2. The molecule has 5 heteroatoms. The molecule has 3 aromatic heterocycles. The minimum absolute atomic E-state index is 0.00676. The molecule has 69 heavy (non-hydrogen) atoms. The van der Waals surface area contributed by atoms with Gasteiger partial charge < -0.3 is 18.4 Å². The van der Waals surface area contributed by atoms with E-state index >= 15 is 0 Å². The van der Waals surface area contributed by atoms with E-state index < -0.39 is 0 Å². The standard InChI is InChI=1S/C64H66BN3O/c1-60(2,3)37-24-27-42(28-25-37)67-52-36-40(63(10,11)12)33-47-43-22-19-23-45-53-51(31-29-44-46-32-38(61(4,5)6)26-30-50(46)66(56(44)53)41-20-17-16-18-21-41)68(55(43)45)65(54(47)52)59-57(67)48-34-39(62(7,8)9)35-49(58(48)69-59)64(13,14)15/h16-36H,1-15H3. The summed E-state index contributed by atoms with van der Waals surface area (Å²) < 4.78 is 13.0. The van der Waals surface area contributed by atoms with Crippen molar-refractivity contribution < 1.29 is 4.42 Å². The second kappa shape index (κ2) is 14.1. The fourth-order valence-corrected chi connectivity index (χ4v) is 11.7. The highest BCUT2D eigenvalue weighted by molar-refractivity contribution is 6.89. The maximum atomic E-state index is 7.76. The first-order valence-corrected chi connectivity index (χ1v) is 25.2. The largest absolute Gasteiger partial charge is 0.466 e. The molecule has 346 valence electrons. The maximum absolute atomic E-state index is 7.76. The highest BCUT2D eigenvalue weighted by Crippen LogP contribution is 2.52. The normalized spacial score (nSPS) is 14.2. The first kappa shape index (κ1) is 43.8. The molecule has 4 nitrogen and oxygen atoms in total. The quantitative estimate of drug-likeness (QED) is 0.162. The minimum Gasteiger partial charge on any atom is -0.466 e. The predicted molar refractivity (Wildman–Crippen MR) is 298 cm³/mol. The van der Waals surface area contributed by atoms with Gasteiger partial charge >= 0.3 is 6.85 Å². The molecule has 0 N–H and O–H groups in total. The summed E-state index contributed by atoms with van der Waals surface area (Å²) in [5, 5.41) is 6.26. The van der Waals surface area contributed by atoms with E-state index in [1.165, 1.54) is 99.1 Å². The number of hydrogen-bond donors (Lipinski definition) is 0. The molecule has 0 radical (unpaired) electrons. The van der Waals surface area contributed by atoms with Crippen LogP contribution in [0.1, 0.15) is 132 Å². The van der Waals surface area contributed by atoms with Gasteiger partial charge in [0, 0.05) is 66.2 Å². The summed E-state index contributed by atoms with van der Waals surface area (Å²) in [5.74, 6) is 0. The lowest BCUT2D eigenvalue weighted by atomic mass is 9.47. The Labute approximate surface area is 409 Å². The molecular weight excluding hydrogens is 838 g/mol. The summed E-state index contributed by atoms with van der Waals surface area (Å²) in [7, 11) is 0. The van der Waals surface area contributed by atoms with Crippen LogP contribution in [0.5, 0.6) is 0 Å². The number of nitrogens with zero attached hydrogens (tertiary/aromatic N) is 3. The predicted octanol–water partition coefficient (Wildman–Crippen LogP) is 16.5. The number of benzene rings is 7. The lowest BCUT2D eigenvalue weighted by Gasteiger charge is -2.39. The van der Waals surface area contributed by atoms with Gasteiger partial charge in [-0.05, 0) is 115 Å². The average molecular weight is 904 g/mol. The molecule has 7 aromatic carbocycles. The van der Waals surface area contributed by atoms with Gasteiger partial charge in [-0.1, -0.05) is 177 Å². The van der Waals surface area contributed by atoms with Crippen molar-refractivity contribution in [1.82, 2.24) is 9.05 Å². The average Bonchev–Trinajstić information content (AvgIpc) is 3.94. The number of rotatable bonds is 2. The third-order valence-electron chi connectivity index (χ3n) is 15.6. The Bertz CT molecular complexity index is 3790. The zero-order valence-corrected chi connectivity index (χ0v) is 43.5. The maximum Gasteiger partial charge on any atom is 0.375 e. The van der Waals surface area contributed by atoms with Crippen LogP contribution < -0.4 is 16.0 Å². The van der Waals surface area contributed by atoms with Crippen molar-refractivity contribution in [3.63, 3.8) is 0 Å². The summed E-state index contributed by atoms with van der Waals surface area (Å²) in [4.78, 5) is 2.58. The smallest absolute Gasteiger partial charge is 0.375 e. The number of furan rings is 1. The Balaban J connectivity index is 1.28. The van der Waals surface area contributed by atoms with E-state index in [1.807, 2.05) is 0 Å². The minimum atomic E-state index is -0.239. The van der Waals surface area contributed by atoms with Crippen LogP contribution in [0.15, 0.2) is 132 Å². The fraction of sp³-hybridized carbons (Fsp3) is 0.312. The fourth-order valence-electron chi connectivity index (χ4n) is 11.7. The molecule has 0 saturated heterocycles. The van der Waals surface area contributed by atoms with Crippen molar-refractivity contribution in [1.29, 1.82) is 0 Å². The Morgan fingerprint density at radius 1 is 0.435 bits per heavy atom. The molecule has 0 atom stereocenters. The second-order valence-corrected chi connectivity index (χ2v) is 25.5. The lowest BCUT2D eigenvalue weighted by molar-refractivity contribution is 0.557. The molecule has 0 spiro atoms. The molecule has 0 saturated carbocycles. The zero-order valence-electron chi connectivity index (χ0n) is 43.5. The number of aromatic nitrogens is 2. The third kappa shape index (κ3) is 6.34. The molecule has 0 fully saturated rings. The van der Waals surface area contributed by atoms with Gasteiger partial charge in [0.15, 0.2) is 0 Å². The molecule has 2 aliphatic rings. The van der Waals surface area contributed by atoms with Crippen LogP contribution in [0.2, 0.25) is 0 Å². The molecule has 2 aliphatic heterocycles. The monoisotopic (exact) mass is 904 g/mol. The number of anilines is 3. The van der Waals surface area contributed by atoms with Crippen LogP contribution in [-0.4, -0.2) is 15.9 Å². The van der Waals surface area contributed by atoms with E-state index in [1.54, 1.807) is 0 Å². The molecule has 10 aromatic rings. The van der Waals surface area contributed by atoms with E-state index in [0.717, 1.165) is 28.3 Å². The molecule has 0 bridgehead atoms. The van der Waals surface area contributed by atoms with Crippen LogP contribution in [0, 0.1) is 0 Å². The highest BCUT2D eigenvalue weighted by atomic mass is 16.3. The van der Waals surface area contributed by atoms with Gasteiger partial charge in [-0.25, -0.2) is 0 Å². The zero-order chi connectivity index (χ0) is 48.6. The summed E-state index contributed by atoms with van der Waals surface area (Å²) in [6.45, 7) is 34.7. The van der Waals surface area contributed by atoms with Gasteiger partial charge in [0.25, 0.3) is 0 Å². The van der Waals surface area contributed by atoms with Crippen LogP contribution in [-0.2, 0) is 27.1 Å². The van der Waals surface area contributed by atoms with E-state index in [4.69, 9.17) is 4.42 Å². The van der Waals surface area contributed by atoms with Gasteiger partial charge in [-0.15, -0.1) is 0 Å². The molecule has 0 aliphatic carbocycles. The lowest BCUT2D eigenvalue weighted by Crippen LogP contribution is -2.56. The van der Waals surface area contributed by atoms with Gasteiger partial charge in [-0.2, -0.15) is 0 Å². The summed E-state index contributed by atoms with van der Waals surface area (Å²) in [5.41, 5.74) is 21.6. The van der Waals surface area contributed by atoms with Crippen LogP contribution in [0.3, 0.4) is 0 Å². The topological polar surface area (TPSA) is 26.2 Å². The Kier molecular flexibility index (Phi) is 8.94. The Hall–Kier alpha value is -6.46. The van der Waals surface area contributed by atoms with Gasteiger partial charge in [0.2, 0.25) is 0 Å². The van der Waals surface area contributed by atoms with Crippen molar-refractivity contribution in [2.24, 2.45) is 0 Å². The third-order valence-corrected chi connectivity index (χ3v) is 15.6. The molecule has 0 unspecified atom stereocenters. The van der Waals surface area contributed by atoms with E-state index in [0.29, 0.717) is 0 Å². The van der Waals surface area contributed by atoms with Crippen LogP contribution >= 0.6 is 0 Å². The number of hydrogen-bond acceptors (Lipinski definition) is 2. The first-order chi connectivity index (χ1) is 32.4. The molecule has 5 heterocycles. The van der Waals surface area contributed by atoms with Crippen molar-refractivity contribution >= 4 is 89.6 Å². The Morgan fingerprint density at radius 3 is 1.71 bits per heavy atom. The van der Waals surface area contributed by atoms with Crippen molar-refractivity contribution in [3.8, 4) is 16.8 Å². The highest BCUT2D eigenvalue weighted by Gasteiger charge is 2.48. The van der Waals surface area contributed by atoms with E-state index in [9.17, 15) is 0 Å². The van der Waals surface area contributed by atoms with Gasteiger partial charge in [0.05, 0.1) is 16.7 Å². The van der Waals surface area contributed by atoms with E-state index in [-0.39, 0.29) is 33.9 Å². The molecule has 0 amide bonds. The SMILES string of the molecule is CC(C)(C)c1ccc(N2c3cc(C(C)(C)C)cc4c3B(c3oc5c(C(C)(C)C)cc(C(C)(C)C)cc5c32)n2c3ccc5c6cc(C(C)(C)C)ccc6n(-c6ccccc6)c5c3c3cccc-4c32)cc1. The van der Waals surface area contributed by atoms with Gasteiger partial charge in [-0.3, -0.25) is 0 Å². The van der Waals surface area contributed by atoms with Crippen molar-refractivity contribution in [2.75, 3.05) is 4.90 Å². The number of fused-ring (bicyclic) bond motifs is 13. The molecule has 12 rings (SSSR count). The van der Waals surface area contributed by atoms with Crippen LogP contribution in [0.4, 0.5) is 17.1 Å². The summed E-state index contributed by atoms with van der Waals surface area (Å²) in [6.07, 6.45) is 0. The molecular formula is C64H66BN3O. The summed E-state index contributed by atoms with van der Waals surface area (Å²) in [6, 6.07) is 49.3. The van der Waals surface area contributed by atoms with Crippen molar-refractivity contribution in [3.05, 3.63) is 155 Å².